The van der Waals surface area contributed by atoms with E-state index in [1.165, 1.54) is 0 Å². The summed E-state index contributed by atoms with van der Waals surface area (Å²) in [4.78, 5) is 0.383. The van der Waals surface area contributed by atoms with Gasteiger partial charge >= 0.3 is 0 Å². The van der Waals surface area contributed by atoms with E-state index in [1.807, 2.05) is 26.8 Å². The fraction of sp³-hybridized carbons (Fsp3) is 0.625. The molecule has 29 heavy (non-hydrogen) atoms. The van der Waals surface area contributed by atoms with Crippen molar-refractivity contribution < 1.29 is 17.9 Å². The lowest BCUT2D eigenvalue weighted by atomic mass is 9.83. The molecule has 4 nitrogen and oxygen atoms in total. The maximum atomic E-state index is 12.6. The number of benzene rings is 1. The first kappa shape index (κ1) is 23.9. The van der Waals surface area contributed by atoms with E-state index < -0.39 is 9.84 Å². The molecular formula is C24H36O4S. The molecule has 0 aliphatic carbocycles. The average molecular weight is 421 g/mol. The predicted molar refractivity (Wildman–Crippen MR) is 118 cm³/mol. The first-order chi connectivity index (χ1) is 13.9. The lowest BCUT2D eigenvalue weighted by molar-refractivity contribution is -0.166. The van der Waals surface area contributed by atoms with Crippen molar-refractivity contribution in [3.8, 4) is 0 Å². The molecule has 4 unspecified atom stereocenters. The van der Waals surface area contributed by atoms with Crippen molar-refractivity contribution in [1.82, 2.24) is 0 Å². The molecule has 0 saturated carbocycles. The topological polar surface area (TPSA) is 52.6 Å². The van der Waals surface area contributed by atoms with Crippen molar-refractivity contribution in [2.75, 3.05) is 5.75 Å². The highest BCUT2D eigenvalue weighted by atomic mass is 32.2. The van der Waals surface area contributed by atoms with Crippen molar-refractivity contribution in [3.05, 3.63) is 48.2 Å². The van der Waals surface area contributed by atoms with E-state index in [2.05, 4.69) is 19.2 Å². The van der Waals surface area contributed by atoms with Crippen LogP contribution in [0.1, 0.15) is 66.2 Å². The minimum absolute atomic E-state index is 0.0659. The van der Waals surface area contributed by atoms with Gasteiger partial charge in [-0.05, 0) is 50.3 Å². The lowest BCUT2D eigenvalue weighted by Crippen LogP contribution is -2.47. The molecule has 162 valence electrons. The minimum Gasteiger partial charge on any atom is -0.372 e. The Bertz CT molecular complexity index is 795. The van der Waals surface area contributed by atoms with Gasteiger partial charge in [-0.2, -0.15) is 0 Å². The van der Waals surface area contributed by atoms with E-state index in [9.17, 15) is 8.42 Å². The Hall–Kier alpha value is -1.39. The minimum atomic E-state index is -3.28. The van der Waals surface area contributed by atoms with E-state index in [4.69, 9.17) is 9.47 Å². The number of hydrogen-bond acceptors (Lipinski definition) is 4. The Balaban J connectivity index is 0.00000145. The molecule has 2 heterocycles. The van der Waals surface area contributed by atoms with Gasteiger partial charge in [-0.1, -0.05) is 45.5 Å². The summed E-state index contributed by atoms with van der Waals surface area (Å²) in [5, 5.41) is 0. The van der Waals surface area contributed by atoms with Gasteiger partial charge in [0.1, 0.15) is 0 Å². The molecule has 0 radical (unpaired) electrons. The largest absolute Gasteiger partial charge is 0.372 e. The van der Waals surface area contributed by atoms with Gasteiger partial charge in [0.2, 0.25) is 0 Å². The monoisotopic (exact) mass is 420 g/mol. The smallest absolute Gasteiger partial charge is 0.178 e. The fourth-order valence-corrected chi connectivity index (χ4v) is 5.70. The molecule has 2 aliphatic heterocycles. The molecule has 2 fully saturated rings. The number of hydrogen-bond donors (Lipinski definition) is 0. The second-order valence-electron chi connectivity index (χ2n) is 7.77. The standard InChI is InChI=1S/C22H30O4S.C2H6/c1-4-17(3)15-18-11-12-21-22(5-2,26-18)16-19(25-21)13-14-27(23,24)20-9-7-6-8-10-20;1-2/h6-10,18-19,21H,1,5,11-16H2,2-3H3;1-2H3. The lowest BCUT2D eigenvalue weighted by Gasteiger charge is -2.41. The van der Waals surface area contributed by atoms with Gasteiger partial charge in [0.25, 0.3) is 0 Å². The zero-order valence-corrected chi connectivity index (χ0v) is 19.1. The van der Waals surface area contributed by atoms with E-state index in [-0.39, 0.29) is 29.7 Å². The molecule has 0 amide bonds. The fourth-order valence-electron chi connectivity index (χ4n) is 4.32. The average Bonchev–Trinajstić information content (AvgIpc) is 3.13. The molecule has 1 aromatic carbocycles. The Kier molecular flexibility index (Phi) is 8.72. The van der Waals surface area contributed by atoms with Gasteiger partial charge in [-0.3, -0.25) is 0 Å². The highest BCUT2D eigenvalue weighted by Crippen LogP contribution is 2.45. The molecular weight excluding hydrogens is 384 g/mol. The van der Waals surface area contributed by atoms with Crippen LogP contribution in [0.15, 0.2) is 53.1 Å². The Morgan fingerprint density at radius 1 is 1.21 bits per heavy atom. The summed E-state index contributed by atoms with van der Waals surface area (Å²) in [6.07, 6.45) is 5.11. The third kappa shape index (κ3) is 5.82. The van der Waals surface area contributed by atoms with Crippen LogP contribution in [-0.2, 0) is 19.3 Å². The van der Waals surface area contributed by atoms with Crippen LogP contribution >= 0.6 is 0 Å². The molecule has 0 aromatic heterocycles. The second kappa shape index (κ2) is 10.6. The van der Waals surface area contributed by atoms with Crippen LogP contribution in [0.2, 0.25) is 0 Å². The van der Waals surface area contributed by atoms with Crippen molar-refractivity contribution in [1.29, 1.82) is 0 Å². The highest BCUT2D eigenvalue weighted by Gasteiger charge is 2.51. The molecule has 0 bridgehead atoms. The maximum Gasteiger partial charge on any atom is 0.178 e. The van der Waals surface area contributed by atoms with Crippen LogP contribution in [0, 0.1) is 0 Å². The molecule has 4 atom stereocenters. The Morgan fingerprint density at radius 3 is 2.52 bits per heavy atom. The van der Waals surface area contributed by atoms with E-state index in [0.717, 1.165) is 37.7 Å². The Morgan fingerprint density at radius 2 is 1.90 bits per heavy atom. The normalized spacial score (nSPS) is 28.6. The molecule has 5 heteroatoms. The van der Waals surface area contributed by atoms with E-state index in [1.54, 1.807) is 24.3 Å². The van der Waals surface area contributed by atoms with Crippen molar-refractivity contribution in [2.45, 2.75) is 95.0 Å². The molecule has 0 spiro atoms. The van der Waals surface area contributed by atoms with Crippen molar-refractivity contribution in [2.24, 2.45) is 0 Å². The molecule has 3 rings (SSSR count). The molecule has 0 N–H and O–H groups in total. The van der Waals surface area contributed by atoms with Crippen LogP contribution in [-0.4, -0.2) is 38.1 Å². The molecule has 2 aliphatic rings. The van der Waals surface area contributed by atoms with Gasteiger partial charge in [0, 0.05) is 12.8 Å². The SMILES string of the molecule is C=C=C(C)CC1CCC2OC(CCS(=O)(=O)c3ccccc3)CC2(CC)O1.CC. The Labute approximate surface area is 176 Å². The summed E-state index contributed by atoms with van der Waals surface area (Å²) in [6.45, 7) is 11.9. The summed E-state index contributed by atoms with van der Waals surface area (Å²) in [7, 11) is -3.28. The zero-order valence-electron chi connectivity index (χ0n) is 18.3. The summed E-state index contributed by atoms with van der Waals surface area (Å²) in [5.41, 5.74) is 3.79. The van der Waals surface area contributed by atoms with Gasteiger partial charge in [-0.25, -0.2) is 8.42 Å². The predicted octanol–water partition coefficient (Wildman–Crippen LogP) is 5.48. The van der Waals surface area contributed by atoms with Gasteiger partial charge in [-0.15, -0.1) is 5.73 Å². The van der Waals surface area contributed by atoms with Gasteiger partial charge in [0.05, 0.1) is 34.6 Å². The summed E-state index contributed by atoms with van der Waals surface area (Å²) in [5.74, 6) is 0.107. The quantitative estimate of drug-likeness (QED) is 0.548. The van der Waals surface area contributed by atoms with Crippen LogP contribution in [0.5, 0.6) is 0 Å². The zero-order chi connectivity index (χ0) is 21.5. The number of fused-ring (bicyclic) bond motifs is 1. The summed E-state index contributed by atoms with van der Waals surface area (Å²) < 4.78 is 37.9. The number of sulfone groups is 1. The molecule has 1 aromatic rings. The van der Waals surface area contributed by atoms with E-state index in [0.29, 0.717) is 11.3 Å². The van der Waals surface area contributed by atoms with Crippen LogP contribution in [0.4, 0.5) is 0 Å². The van der Waals surface area contributed by atoms with Crippen LogP contribution in [0.3, 0.4) is 0 Å². The summed E-state index contributed by atoms with van der Waals surface area (Å²) in [6, 6.07) is 8.65. The van der Waals surface area contributed by atoms with Gasteiger partial charge < -0.3 is 9.47 Å². The first-order valence-electron chi connectivity index (χ1n) is 10.8. The van der Waals surface area contributed by atoms with Crippen molar-refractivity contribution in [3.63, 3.8) is 0 Å². The summed E-state index contributed by atoms with van der Waals surface area (Å²) >= 11 is 0. The van der Waals surface area contributed by atoms with Crippen LogP contribution < -0.4 is 0 Å². The van der Waals surface area contributed by atoms with Gasteiger partial charge in [0.15, 0.2) is 9.84 Å². The highest BCUT2D eigenvalue weighted by molar-refractivity contribution is 7.91. The van der Waals surface area contributed by atoms with Crippen molar-refractivity contribution >= 4 is 9.84 Å². The maximum absolute atomic E-state index is 12.6. The number of rotatable bonds is 7. The second-order valence-corrected chi connectivity index (χ2v) is 9.88. The van der Waals surface area contributed by atoms with Crippen LogP contribution in [0.25, 0.3) is 0 Å². The first-order valence-corrected chi connectivity index (χ1v) is 12.5. The third-order valence-corrected chi connectivity index (χ3v) is 7.68. The number of ether oxygens (including phenoxy) is 2. The van der Waals surface area contributed by atoms with E-state index >= 15 is 0 Å². The molecule has 2 saturated heterocycles. The third-order valence-electron chi connectivity index (χ3n) is 5.91.